The van der Waals surface area contributed by atoms with Gasteiger partial charge in [-0.25, -0.2) is 9.07 Å². The van der Waals surface area contributed by atoms with Gasteiger partial charge >= 0.3 is 0 Å². The van der Waals surface area contributed by atoms with E-state index in [-0.39, 0.29) is 11.9 Å². The SMILES string of the molecule is COc1ccc([C@H]2C3=C(Nc4ncnn42)c2cc(C)ccc2O[C@@H]3c2ccc(F)cc2)cc1OC. The van der Waals surface area contributed by atoms with Gasteiger partial charge in [-0.3, -0.25) is 0 Å². The van der Waals surface area contributed by atoms with Crippen molar-refractivity contribution in [1.82, 2.24) is 14.8 Å². The van der Waals surface area contributed by atoms with E-state index in [1.54, 1.807) is 26.4 Å². The summed E-state index contributed by atoms with van der Waals surface area (Å²) in [7, 11) is 3.22. The van der Waals surface area contributed by atoms with Crippen molar-refractivity contribution < 1.29 is 18.6 Å². The second kappa shape index (κ2) is 8.16. The maximum absolute atomic E-state index is 13.8. The molecule has 8 heteroatoms. The zero-order valence-corrected chi connectivity index (χ0v) is 19.4. The van der Waals surface area contributed by atoms with E-state index < -0.39 is 6.10 Å². The molecular weight excluding hydrogens is 447 g/mol. The lowest BCUT2D eigenvalue weighted by Crippen LogP contribution is -2.32. The largest absolute Gasteiger partial charge is 0.493 e. The van der Waals surface area contributed by atoms with E-state index in [4.69, 9.17) is 14.2 Å². The van der Waals surface area contributed by atoms with Crippen molar-refractivity contribution in [1.29, 1.82) is 0 Å². The second-order valence-corrected chi connectivity index (χ2v) is 8.55. The number of rotatable bonds is 4. The maximum Gasteiger partial charge on any atom is 0.226 e. The van der Waals surface area contributed by atoms with Crippen LogP contribution in [0.25, 0.3) is 5.70 Å². The molecule has 2 aliphatic heterocycles. The lowest BCUT2D eigenvalue weighted by Gasteiger charge is -2.39. The Hall–Kier alpha value is -4.33. The molecule has 3 aromatic carbocycles. The van der Waals surface area contributed by atoms with E-state index in [1.807, 2.05) is 41.9 Å². The summed E-state index contributed by atoms with van der Waals surface area (Å²) < 4.78 is 33.3. The molecule has 3 heterocycles. The van der Waals surface area contributed by atoms with Gasteiger partial charge in [0.1, 0.15) is 30.0 Å². The molecule has 0 saturated carbocycles. The Morgan fingerprint density at radius 1 is 0.943 bits per heavy atom. The number of anilines is 1. The van der Waals surface area contributed by atoms with Gasteiger partial charge in [-0.05, 0) is 54.4 Å². The molecule has 0 saturated heterocycles. The van der Waals surface area contributed by atoms with Crippen molar-refractivity contribution in [3.05, 3.63) is 101 Å². The van der Waals surface area contributed by atoms with Crippen molar-refractivity contribution in [3.63, 3.8) is 0 Å². The average molecular weight is 471 g/mol. The third-order valence-electron chi connectivity index (χ3n) is 6.47. The van der Waals surface area contributed by atoms with Gasteiger partial charge in [-0.15, -0.1) is 0 Å². The first-order chi connectivity index (χ1) is 17.1. The number of aromatic nitrogens is 3. The Morgan fingerprint density at radius 3 is 2.49 bits per heavy atom. The number of aryl methyl sites for hydroxylation is 1. The standard InChI is InChI=1S/C27H23FN4O3/c1-15-4-10-20-19(12-15)24-23(26(35-20)16-5-8-18(28)9-6-16)25(32-27(31-24)29-14-30-32)17-7-11-21(33-2)22(13-17)34-3/h4-14,25-26H,1-3H3,(H,29,30,31)/t25-,26+/m0/s1. The molecule has 0 unspecified atom stereocenters. The number of nitrogens with one attached hydrogen (secondary N) is 1. The molecule has 1 N–H and O–H groups in total. The van der Waals surface area contributed by atoms with E-state index in [0.717, 1.165) is 39.3 Å². The van der Waals surface area contributed by atoms with Crippen molar-refractivity contribution >= 4 is 11.6 Å². The van der Waals surface area contributed by atoms with Crippen LogP contribution in [-0.4, -0.2) is 29.0 Å². The Bertz CT molecular complexity index is 1460. The number of nitrogens with zero attached hydrogens (tertiary/aromatic N) is 3. The molecule has 0 aliphatic carbocycles. The van der Waals surface area contributed by atoms with Crippen LogP contribution in [0.1, 0.15) is 34.4 Å². The van der Waals surface area contributed by atoms with Crippen LogP contribution >= 0.6 is 0 Å². The average Bonchev–Trinajstić information content (AvgIpc) is 3.35. The van der Waals surface area contributed by atoms with E-state index in [1.165, 1.54) is 18.5 Å². The number of benzene rings is 3. The minimum absolute atomic E-state index is 0.299. The van der Waals surface area contributed by atoms with Gasteiger partial charge in [0.05, 0.1) is 19.9 Å². The quantitative estimate of drug-likeness (QED) is 0.436. The molecule has 2 aliphatic rings. The van der Waals surface area contributed by atoms with Crippen LogP contribution in [0.4, 0.5) is 10.3 Å². The molecule has 35 heavy (non-hydrogen) atoms. The molecule has 6 rings (SSSR count). The highest BCUT2D eigenvalue weighted by Crippen LogP contribution is 2.51. The Morgan fingerprint density at radius 2 is 1.71 bits per heavy atom. The van der Waals surface area contributed by atoms with Gasteiger partial charge in [0.25, 0.3) is 0 Å². The van der Waals surface area contributed by atoms with Gasteiger partial charge in [0.2, 0.25) is 5.95 Å². The van der Waals surface area contributed by atoms with Gasteiger partial charge in [0.15, 0.2) is 11.5 Å². The maximum atomic E-state index is 13.8. The molecule has 4 aromatic rings. The third-order valence-corrected chi connectivity index (χ3v) is 6.47. The molecule has 2 atom stereocenters. The molecule has 0 fully saturated rings. The summed E-state index contributed by atoms with van der Waals surface area (Å²) >= 11 is 0. The lowest BCUT2D eigenvalue weighted by molar-refractivity contribution is 0.223. The number of fused-ring (bicyclic) bond motifs is 3. The first kappa shape index (κ1) is 21.2. The fourth-order valence-electron chi connectivity index (χ4n) is 4.84. The van der Waals surface area contributed by atoms with Crippen molar-refractivity contribution in [2.24, 2.45) is 0 Å². The monoisotopic (exact) mass is 470 g/mol. The first-order valence-corrected chi connectivity index (χ1v) is 11.2. The minimum Gasteiger partial charge on any atom is -0.493 e. The summed E-state index contributed by atoms with van der Waals surface area (Å²) in [5.41, 5.74) is 5.66. The highest BCUT2D eigenvalue weighted by Gasteiger charge is 2.41. The van der Waals surface area contributed by atoms with Crippen LogP contribution < -0.4 is 19.5 Å². The van der Waals surface area contributed by atoms with Crippen LogP contribution in [0.5, 0.6) is 17.2 Å². The zero-order chi connectivity index (χ0) is 24.1. The fourth-order valence-corrected chi connectivity index (χ4v) is 4.84. The summed E-state index contributed by atoms with van der Waals surface area (Å²) in [6.45, 7) is 2.05. The predicted molar refractivity (Wildman–Crippen MR) is 129 cm³/mol. The highest BCUT2D eigenvalue weighted by molar-refractivity contribution is 5.85. The Kier molecular flexibility index (Phi) is 4.95. The number of ether oxygens (including phenoxy) is 3. The summed E-state index contributed by atoms with van der Waals surface area (Å²) in [4.78, 5) is 4.46. The molecule has 0 amide bonds. The van der Waals surface area contributed by atoms with Gasteiger partial charge in [0, 0.05) is 11.1 Å². The number of methoxy groups -OCH3 is 2. The lowest BCUT2D eigenvalue weighted by atomic mass is 9.84. The van der Waals surface area contributed by atoms with E-state index in [9.17, 15) is 4.39 Å². The number of hydrogen-bond donors (Lipinski definition) is 1. The van der Waals surface area contributed by atoms with E-state index >= 15 is 0 Å². The highest BCUT2D eigenvalue weighted by atomic mass is 19.1. The van der Waals surface area contributed by atoms with Crippen LogP contribution in [-0.2, 0) is 0 Å². The minimum atomic E-state index is -0.483. The summed E-state index contributed by atoms with van der Waals surface area (Å²) in [5.74, 6) is 2.31. The molecule has 176 valence electrons. The molecule has 0 spiro atoms. The Balaban J connectivity index is 1.62. The predicted octanol–water partition coefficient (Wildman–Crippen LogP) is 5.30. The zero-order valence-electron chi connectivity index (χ0n) is 19.4. The fraction of sp³-hybridized carbons (Fsp3) is 0.185. The molecule has 0 radical (unpaired) electrons. The van der Waals surface area contributed by atoms with Gasteiger partial charge in [-0.2, -0.15) is 10.1 Å². The smallest absolute Gasteiger partial charge is 0.226 e. The van der Waals surface area contributed by atoms with Crippen LogP contribution in [0, 0.1) is 12.7 Å². The van der Waals surface area contributed by atoms with Crippen LogP contribution in [0.3, 0.4) is 0 Å². The second-order valence-electron chi connectivity index (χ2n) is 8.55. The van der Waals surface area contributed by atoms with E-state index in [0.29, 0.717) is 17.4 Å². The normalized spacial score (nSPS) is 18.1. The van der Waals surface area contributed by atoms with Gasteiger partial charge in [-0.1, -0.05) is 29.8 Å². The first-order valence-electron chi connectivity index (χ1n) is 11.2. The number of halogens is 1. The molecule has 1 aromatic heterocycles. The third kappa shape index (κ3) is 3.41. The van der Waals surface area contributed by atoms with Crippen molar-refractivity contribution in [2.45, 2.75) is 19.1 Å². The van der Waals surface area contributed by atoms with Crippen LogP contribution in [0.2, 0.25) is 0 Å². The van der Waals surface area contributed by atoms with Crippen LogP contribution in [0.15, 0.2) is 72.6 Å². The summed E-state index contributed by atoms with van der Waals surface area (Å²) in [6, 6.07) is 17.9. The summed E-state index contributed by atoms with van der Waals surface area (Å²) in [5, 5.41) is 8.02. The number of hydrogen-bond acceptors (Lipinski definition) is 6. The molecular formula is C27H23FN4O3. The topological polar surface area (TPSA) is 70.4 Å². The van der Waals surface area contributed by atoms with E-state index in [2.05, 4.69) is 21.5 Å². The van der Waals surface area contributed by atoms with Crippen molar-refractivity contribution in [3.8, 4) is 17.2 Å². The van der Waals surface area contributed by atoms with Crippen molar-refractivity contribution in [2.75, 3.05) is 19.5 Å². The summed E-state index contributed by atoms with van der Waals surface area (Å²) in [6.07, 6.45) is 1.04. The molecule has 0 bridgehead atoms. The Labute approximate surface area is 201 Å². The van der Waals surface area contributed by atoms with Gasteiger partial charge < -0.3 is 19.5 Å². The molecule has 7 nitrogen and oxygen atoms in total.